The summed E-state index contributed by atoms with van der Waals surface area (Å²) in [4.78, 5) is 30.3. The third-order valence-electron chi connectivity index (χ3n) is 4.03. The molecule has 120 valence electrons. The van der Waals surface area contributed by atoms with E-state index >= 15 is 0 Å². The zero-order valence-electron chi connectivity index (χ0n) is 12.3. The number of thiazole rings is 1. The smallest absolute Gasteiger partial charge is 0.289 e. The minimum absolute atomic E-state index is 0.0274. The molecule has 1 aromatic heterocycles. The van der Waals surface area contributed by atoms with Gasteiger partial charge in [0.25, 0.3) is 5.91 Å². The van der Waals surface area contributed by atoms with E-state index in [0.717, 1.165) is 43.9 Å². The number of hydrazine groups is 1. The Morgan fingerprint density at radius 1 is 1.23 bits per heavy atom. The van der Waals surface area contributed by atoms with Crippen LogP contribution in [0.1, 0.15) is 36.2 Å². The maximum absolute atomic E-state index is 12.0. The van der Waals surface area contributed by atoms with Gasteiger partial charge in [-0.3, -0.25) is 20.4 Å². The van der Waals surface area contributed by atoms with Gasteiger partial charge in [0.15, 0.2) is 5.13 Å². The van der Waals surface area contributed by atoms with Crippen LogP contribution >= 0.6 is 11.3 Å². The van der Waals surface area contributed by atoms with Crippen molar-refractivity contribution in [2.24, 2.45) is 5.92 Å². The molecule has 22 heavy (non-hydrogen) atoms. The molecule has 1 aromatic rings. The maximum atomic E-state index is 12.0. The number of amides is 2. The number of hydrogen-bond donors (Lipinski definition) is 2. The topological polar surface area (TPSA) is 83.6 Å². The summed E-state index contributed by atoms with van der Waals surface area (Å²) in [5, 5.41) is 2.53. The van der Waals surface area contributed by atoms with E-state index in [9.17, 15) is 9.59 Å². The fraction of sp³-hybridized carbons (Fsp3) is 0.643. The summed E-state index contributed by atoms with van der Waals surface area (Å²) in [6, 6.07) is 0. The van der Waals surface area contributed by atoms with Crippen molar-refractivity contribution in [2.45, 2.75) is 25.7 Å². The van der Waals surface area contributed by atoms with Gasteiger partial charge in [-0.15, -0.1) is 11.3 Å². The molecule has 0 spiro atoms. The van der Waals surface area contributed by atoms with Gasteiger partial charge in [0.1, 0.15) is 5.69 Å². The third kappa shape index (κ3) is 3.56. The van der Waals surface area contributed by atoms with Gasteiger partial charge in [0.2, 0.25) is 5.91 Å². The van der Waals surface area contributed by atoms with Crippen molar-refractivity contribution in [3.8, 4) is 0 Å². The molecule has 0 atom stereocenters. The second-order valence-corrected chi connectivity index (χ2v) is 6.38. The zero-order chi connectivity index (χ0) is 15.4. The van der Waals surface area contributed by atoms with Gasteiger partial charge in [-0.05, 0) is 12.8 Å². The fourth-order valence-corrected chi connectivity index (χ4v) is 3.60. The summed E-state index contributed by atoms with van der Waals surface area (Å²) in [7, 11) is 0. The van der Waals surface area contributed by atoms with Crippen LogP contribution in [0.5, 0.6) is 0 Å². The summed E-state index contributed by atoms with van der Waals surface area (Å²) in [6.45, 7) is 2.93. The van der Waals surface area contributed by atoms with Crippen molar-refractivity contribution in [1.29, 1.82) is 0 Å². The van der Waals surface area contributed by atoms with Gasteiger partial charge >= 0.3 is 0 Å². The highest BCUT2D eigenvalue weighted by Crippen LogP contribution is 2.24. The number of ether oxygens (including phenoxy) is 1. The molecule has 2 N–H and O–H groups in total. The molecule has 1 saturated carbocycles. The summed E-state index contributed by atoms with van der Waals surface area (Å²) in [5.41, 5.74) is 5.29. The normalized spacial score (nSPS) is 19.2. The average Bonchev–Trinajstić information content (AvgIpc) is 3.24. The summed E-state index contributed by atoms with van der Waals surface area (Å²) < 4.78 is 5.30. The second-order valence-electron chi connectivity index (χ2n) is 5.54. The summed E-state index contributed by atoms with van der Waals surface area (Å²) >= 11 is 1.43. The lowest BCUT2D eigenvalue weighted by atomic mass is 10.1. The Kier molecular flexibility index (Phi) is 4.89. The second kappa shape index (κ2) is 7.06. The first-order valence-electron chi connectivity index (χ1n) is 7.62. The van der Waals surface area contributed by atoms with Crippen LogP contribution in [0.15, 0.2) is 5.38 Å². The third-order valence-corrected chi connectivity index (χ3v) is 4.93. The molecular formula is C14H20N4O3S. The first kappa shape index (κ1) is 15.2. The van der Waals surface area contributed by atoms with Crippen LogP contribution in [-0.4, -0.2) is 43.1 Å². The molecule has 1 aliphatic carbocycles. The van der Waals surface area contributed by atoms with Crippen molar-refractivity contribution < 1.29 is 14.3 Å². The number of carbonyl (C=O) groups excluding carboxylic acids is 2. The van der Waals surface area contributed by atoms with E-state index in [1.165, 1.54) is 11.3 Å². The van der Waals surface area contributed by atoms with Gasteiger partial charge < -0.3 is 9.64 Å². The Hall–Kier alpha value is -1.67. The van der Waals surface area contributed by atoms with Crippen LogP contribution in [-0.2, 0) is 9.53 Å². The number of anilines is 1. The van der Waals surface area contributed by atoms with Crippen LogP contribution < -0.4 is 15.8 Å². The Labute approximate surface area is 133 Å². The number of hydrogen-bond acceptors (Lipinski definition) is 6. The first-order chi connectivity index (χ1) is 10.7. The van der Waals surface area contributed by atoms with Gasteiger partial charge in [-0.2, -0.15) is 0 Å². The van der Waals surface area contributed by atoms with E-state index in [-0.39, 0.29) is 17.7 Å². The molecular weight excluding hydrogens is 304 g/mol. The molecule has 3 rings (SSSR count). The SMILES string of the molecule is O=C(NNC(=O)C1CCCC1)c1csc(N2CCOCC2)n1. The average molecular weight is 324 g/mol. The number of carbonyl (C=O) groups is 2. The van der Waals surface area contributed by atoms with E-state index in [1.807, 2.05) is 0 Å². The van der Waals surface area contributed by atoms with E-state index in [0.29, 0.717) is 18.9 Å². The lowest BCUT2D eigenvalue weighted by molar-refractivity contribution is -0.125. The molecule has 0 unspecified atom stereocenters. The summed E-state index contributed by atoms with van der Waals surface area (Å²) in [5.74, 6) is -0.448. The van der Waals surface area contributed by atoms with Crippen molar-refractivity contribution >= 4 is 28.3 Å². The highest BCUT2D eigenvalue weighted by molar-refractivity contribution is 7.13. The predicted octanol–water partition coefficient (Wildman–Crippen LogP) is 0.931. The number of morpholine rings is 1. The monoisotopic (exact) mass is 324 g/mol. The molecule has 2 amide bonds. The Bertz CT molecular complexity index is 536. The minimum atomic E-state index is -0.373. The van der Waals surface area contributed by atoms with Crippen LogP contribution in [0.3, 0.4) is 0 Å². The van der Waals surface area contributed by atoms with Crippen LogP contribution in [0, 0.1) is 5.92 Å². The van der Waals surface area contributed by atoms with Crippen molar-refractivity contribution in [1.82, 2.24) is 15.8 Å². The van der Waals surface area contributed by atoms with E-state index in [1.54, 1.807) is 5.38 Å². The zero-order valence-corrected chi connectivity index (χ0v) is 13.2. The van der Waals surface area contributed by atoms with Crippen LogP contribution in [0.25, 0.3) is 0 Å². The molecule has 0 aromatic carbocycles. The Morgan fingerprint density at radius 3 is 2.68 bits per heavy atom. The lowest BCUT2D eigenvalue weighted by Crippen LogP contribution is -2.44. The number of nitrogens with one attached hydrogen (secondary N) is 2. The highest BCUT2D eigenvalue weighted by atomic mass is 32.1. The minimum Gasteiger partial charge on any atom is -0.378 e. The predicted molar refractivity (Wildman–Crippen MR) is 82.7 cm³/mol. The molecule has 2 aliphatic rings. The molecule has 7 nitrogen and oxygen atoms in total. The van der Waals surface area contributed by atoms with E-state index in [2.05, 4.69) is 20.7 Å². The fourth-order valence-electron chi connectivity index (χ4n) is 2.74. The van der Waals surface area contributed by atoms with Crippen LogP contribution in [0.2, 0.25) is 0 Å². The first-order valence-corrected chi connectivity index (χ1v) is 8.50. The van der Waals surface area contributed by atoms with Gasteiger partial charge in [-0.1, -0.05) is 12.8 Å². The molecule has 2 fully saturated rings. The van der Waals surface area contributed by atoms with Crippen LogP contribution in [0.4, 0.5) is 5.13 Å². The molecule has 2 heterocycles. The maximum Gasteiger partial charge on any atom is 0.289 e. The largest absolute Gasteiger partial charge is 0.378 e. The van der Waals surface area contributed by atoms with Crippen molar-refractivity contribution in [3.63, 3.8) is 0 Å². The Balaban J connectivity index is 1.51. The van der Waals surface area contributed by atoms with E-state index < -0.39 is 0 Å². The van der Waals surface area contributed by atoms with E-state index in [4.69, 9.17) is 4.74 Å². The summed E-state index contributed by atoms with van der Waals surface area (Å²) in [6.07, 6.45) is 3.97. The molecule has 0 bridgehead atoms. The Morgan fingerprint density at radius 2 is 1.95 bits per heavy atom. The highest BCUT2D eigenvalue weighted by Gasteiger charge is 2.23. The van der Waals surface area contributed by atoms with Crippen molar-refractivity contribution in [3.05, 3.63) is 11.1 Å². The molecule has 0 radical (unpaired) electrons. The quantitative estimate of drug-likeness (QED) is 0.808. The number of nitrogens with zero attached hydrogens (tertiary/aromatic N) is 2. The molecule has 1 saturated heterocycles. The number of aromatic nitrogens is 1. The molecule has 1 aliphatic heterocycles. The van der Waals surface area contributed by atoms with Crippen molar-refractivity contribution in [2.75, 3.05) is 31.2 Å². The van der Waals surface area contributed by atoms with Gasteiger partial charge in [0, 0.05) is 24.4 Å². The lowest BCUT2D eigenvalue weighted by Gasteiger charge is -2.25. The standard InChI is InChI=1S/C14H20N4O3S/c19-12(10-3-1-2-4-10)16-17-13(20)11-9-22-14(15-11)18-5-7-21-8-6-18/h9-10H,1-8H2,(H,16,19)(H,17,20). The van der Waals surface area contributed by atoms with Gasteiger partial charge in [-0.25, -0.2) is 4.98 Å². The molecule has 8 heteroatoms. The van der Waals surface area contributed by atoms with Gasteiger partial charge in [0.05, 0.1) is 13.2 Å². The number of rotatable bonds is 3.